The predicted molar refractivity (Wildman–Crippen MR) is 107 cm³/mol. The Morgan fingerprint density at radius 1 is 1.25 bits per heavy atom. The van der Waals surface area contributed by atoms with Crippen molar-refractivity contribution in [3.8, 4) is 5.75 Å². The van der Waals surface area contributed by atoms with Crippen LogP contribution in [0.3, 0.4) is 0 Å². The Morgan fingerprint density at radius 2 is 2.00 bits per heavy atom. The number of ether oxygens (including phenoxy) is 2. The fourth-order valence-electron chi connectivity index (χ4n) is 2.67. The summed E-state index contributed by atoms with van der Waals surface area (Å²) in [4.78, 5) is 25.1. The van der Waals surface area contributed by atoms with Crippen molar-refractivity contribution in [2.45, 2.75) is 6.54 Å². The first-order valence-electron chi connectivity index (χ1n) is 8.46. The number of carbonyl (C=O) groups excluding carboxylic acids is 1. The zero-order valence-corrected chi connectivity index (χ0v) is 16.7. The molecule has 150 valence electrons. The zero-order valence-electron chi connectivity index (χ0n) is 15.9. The van der Waals surface area contributed by atoms with Gasteiger partial charge in [-0.3, -0.25) is 14.9 Å². The van der Waals surface area contributed by atoms with E-state index in [2.05, 4.69) is 5.32 Å². The van der Waals surface area contributed by atoms with Crippen molar-refractivity contribution in [2.75, 3.05) is 39.7 Å². The molecule has 0 atom stereocenters. The van der Waals surface area contributed by atoms with E-state index in [0.29, 0.717) is 29.6 Å². The number of nitrogens with one attached hydrogen (secondary N) is 1. The molecule has 8 nitrogen and oxygen atoms in total. The molecule has 0 saturated heterocycles. The van der Waals surface area contributed by atoms with Gasteiger partial charge in [-0.1, -0.05) is 11.6 Å². The average Bonchev–Trinajstić information content (AvgIpc) is 2.67. The summed E-state index contributed by atoms with van der Waals surface area (Å²) in [6.07, 6.45) is 0. The number of benzene rings is 2. The summed E-state index contributed by atoms with van der Waals surface area (Å²) in [6, 6.07) is 9.48. The maximum Gasteiger partial charge on any atom is 0.293 e. The Labute approximate surface area is 168 Å². The quantitative estimate of drug-likeness (QED) is 0.388. The Bertz CT molecular complexity index is 859. The third kappa shape index (κ3) is 5.34. The second kappa shape index (κ2) is 9.91. The topological polar surface area (TPSA) is 93.9 Å². The fraction of sp³-hybridized carbons (Fsp3) is 0.316. The molecule has 0 fully saturated rings. The first-order valence-corrected chi connectivity index (χ1v) is 8.84. The standard InChI is InChI=1S/C19H22ClN3O5/c1-22(12-14-10-15(20)5-7-18(14)28-3)19(24)13-4-6-16(21-8-9-27-2)17(11-13)23(25)26/h4-7,10-11,21H,8-9,12H2,1-3H3. The number of methoxy groups -OCH3 is 2. The molecule has 28 heavy (non-hydrogen) atoms. The fourth-order valence-corrected chi connectivity index (χ4v) is 2.87. The van der Waals surface area contributed by atoms with Crippen LogP contribution in [0.5, 0.6) is 5.75 Å². The third-order valence-corrected chi connectivity index (χ3v) is 4.29. The first-order chi connectivity index (χ1) is 13.4. The van der Waals surface area contributed by atoms with Crippen molar-refractivity contribution >= 4 is 28.9 Å². The van der Waals surface area contributed by atoms with Crippen LogP contribution in [0, 0.1) is 10.1 Å². The first kappa shape index (κ1) is 21.5. The van der Waals surface area contributed by atoms with Crippen molar-refractivity contribution < 1.29 is 19.2 Å². The van der Waals surface area contributed by atoms with Crippen LogP contribution in [0.25, 0.3) is 0 Å². The van der Waals surface area contributed by atoms with Gasteiger partial charge < -0.3 is 19.7 Å². The minimum Gasteiger partial charge on any atom is -0.496 e. The van der Waals surface area contributed by atoms with Gasteiger partial charge in [0.2, 0.25) is 0 Å². The van der Waals surface area contributed by atoms with Crippen LogP contribution in [0.2, 0.25) is 5.02 Å². The third-order valence-electron chi connectivity index (χ3n) is 4.06. The Hall–Kier alpha value is -2.84. The van der Waals surface area contributed by atoms with Gasteiger partial charge in [-0.05, 0) is 30.3 Å². The molecule has 1 amide bonds. The van der Waals surface area contributed by atoms with E-state index in [1.165, 1.54) is 24.1 Å². The van der Waals surface area contributed by atoms with Crippen LogP contribution in [0.4, 0.5) is 11.4 Å². The van der Waals surface area contributed by atoms with E-state index < -0.39 is 4.92 Å². The number of hydrogen-bond donors (Lipinski definition) is 1. The van der Waals surface area contributed by atoms with Gasteiger partial charge in [0.25, 0.3) is 11.6 Å². The van der Waals surface area contributed by atoms with Crippen LogP contribution < -0.4 is 10.1 Å². The summed E-state index contributed by atoms with van der Waals surface area (Å²) in [6.45, 7) is 1.06. The van der Waals surface area contributed by atoms with Crippen LogP contribution in [0.1, 0.15) is 15.9 Å². The molecule has 2 rings (SSSR count). The van der Waals surface area contributed by atoms with Crippen molar-refractivity contribution in [1.29, 1.82) is 0 Å². The maximum absolute atomic E-state index is 12.8. The molecular formula is C19H22ClN3O5. The average molecular weight is 408 g/mol. The molecule has 0 aliphatic heterocycles. The van der Waals surface area contributed by atoms with Crippen molar-refractivity contribution in [1.82, 2.24) is 4.90 Å². The van der Waals surface area contributed by atoms with E-state index in [4.69, 9.17) is 21.1 Å². The van der Waals surface area contributed by atoms with Crippen LogP contribution in [0.15, 0.2) is 36.4 Å². The number of halogens is 1. The lowest BCUT2D eigenvalue weighted by Gasteiger charge is -2.19. The summed E-state index contributed by atoms with van der Waals surface area (Å²) in [5, 5.41) is 14.8. The van der Waals surface area contributed by atoms with E-state index in [1.807, 2.05) is 0 Å². The molecule has 0 spiro atoms. The molecule has 9 heteroatoms. The molecule has 0 unspecified atom stereocenters. The Balaban J connectivity index is 2.22. The maximum atomic E-state index is 12.8. The van der Waals surface area contributed by atoms with Crippen molar-refractivity contribution in [3.05, 3.63) is 62.7 Å². The van der Waals surface area contributed by atoms with Gasteiger partial charge in [-0.15, -0.1) is 0 Å². The second-order valence-electron chi connectivity index (χ2n) is 6.03. The highest BCUT2D eigenvalue weighted by Gasteiger charge is 2.20. The molecule has 1 N–H and O–H groups in total. The highest BCUT2D eigenvalue weighted by atomic mass is 35.5. The van der Waals surface area contributed by atoms with Gasteiger partial charge in [0.15, 0.2) is 0 Å². The number of nitrogens with zero attached hydrogens (tertiary/aromatic N) is 2. The SMILES string of the molecule is COCCNc1ccc(C(=O)N(C)Cc2cc(Cl)ccc2OC)cc1[N+](=O)[O-]. The molecule has 0 aliphatic carbocycles. The van der Waals surface area contributed by atoms with E-state index in [9.17, 15) is 14.9 Å². The minimum absolute atomic E-state index is 0.171. The molecular weight excluding hydrogens is 386 g/mol. The summed E-state index contributed by atoms with van der Waals surface area (Å²) >= 11 is 6.03. The number of amides is 1. The molecule has 0 saturated carbocycles. The van der Waals surface area contributed by atoms with Crippen molar-refractivity contribution in [3.63, 3.8) is 0 Å². The summed E-state index contributed by atoms with van der Waals surface area (Å²) in [5.74, 6) is 0.251. The smallest absolute Gasteiger partial charge is 0.293 e. The molecule has 2 aromatic carbocycles. The highest BCUT2D eigenvalue weighted by molar-refractivity contribution is 6.30. The molecule has 2 aromatic rings. The number of nitro benzene ring substituents is 1. The normalized spacial score (nSPS) is 10.4. The lowest BCUT2D eigenvalue weighted by molar-refractivity contribution is -0.384. The highest BCUT2D eigenvalue weighted by Crippen LogP contribution is 2.27. The number of carbonyl (C=O) groups is 1. The van der Waals surface area contributed by atoms with Gasteiger partial charge in [0.05, 0.1) is 18.6 Å². The number of nitro groups is 1. The molecule has 0 aromatic heterocycles. The van der Waals surface area contributed by atoms with Crippen LogP contribution >= 0.6 is 11.6 Å². The largest absolute Gasteiger partial charge is 0.496 e. The summed E-state index contributed by atoms with van der Waals surface area (Å²) in [7, 11) is 4.69. The van der Waals surface area contributed by atoms with Gasteiger partial charge in [-0.25, -0.2) is 0 Å². The van der Waals surface area contributed by atoms with E-state index in [1.54, 1.807) is 38.4 Å². The van der Waals surface area contributed by atoms with Crippen LogP contribution in [-0.4, -0.2) is 50.1 Å². The van der Waals surface area contributed by atoms with E-state index in [0.717, 1.165) is 5.56 Å². The molecule has 0 radical (unpaired) electrons. The predicted octanol–water partition coefficient (Wildman–Crippen LogP) is 3.59. The number of hydrogen-bond acceptors (Lipinski definition) is 6. The Morgan fingerprint density at radius 3 is 2.64 bits per heavy atom. The van der Waals surface area contributed by atoms with Gasteiger partial charge in [0.1, 0.15) is 11.4 Å². The monoisotopic (exact) mass is 407 g/mol. The number of rotatable bonds is 9. The van der Waals surface area contributed by atoms with E-state index >= 15 is 0 Å². The zero-order chi connectivity index (χ0) is 20.7. The molecule has 0 bridgehead atoms. The van der Waals surface area contributed by atoms with Crippen LogP contribution in [-0.2, 0) is 11.3 Å². The molecule has 0 heterocycles. The number of anilines is 1. The summed E-state index contributed by atoms with van der Waals surface area (Å²) in [5.41, 5.74) is 1.11. The molecule has 0 aliphatic rings. The lowest BCUT2D eigenvalue weighted by Crippen LogP contribution is -2.26. The summed E-state index contributed by atoms with van der Waals surface area (Å²) < 4.78 is 10.2. The van der Waals surface area contributed by atoms with E-state index in [-0.39, 0.29) is 23.7 Å². The minimum atomic E-state index is -0.522. The van der Waals surface area contributed by atoms with Gasteiger partial charge in [0, 0.05) is 49.5 Å². The van der Waals surface area contributed by atoms with Gasteiger partial charge in [-0.2, -0.15) is 0 Å². The van der Waals surface area contributed by atoms with Crippen molar-refractivity contribution in [2.24, 2.45) is 0 Å². The second-order valence-corrected chi connectivity index (χ2v) is 6.46. The van der Waals surface area contributed by atoms with Gasteiger partial charge >= 0.3 is 0 Å². The Kier molecular flexibility index (Phi) is 7.60. The lowest BCUT2D eigenvalue weighted by atomic mass is 10.1.